The zero-order valence-electron chi connectivity index (χ0n) is 12.7. The van der Waals surface area contributed by atoms with Crippen LogP contribution in [0.3, 0.4) is 0 Å². The minimum Gasteiger partial charge on any atom is -0.411 e. The first kappa shape index (κ1) is 16.8. The van der Waals surface area contributed by atoms with Gasteiger partial charge in [0.1, 0.15) is 0 Å². The molecule has 1 heterocycles. The molecule has 5 nitrogen and oxygen atoms in total. The summed E-state index contributed by atoms with van der Waals surface area (Å²) in [7, 11) is 0. The lowest BCUT2D eigenvalue weighted by molar-refractivity contribution is -0.119. The van der Waals surface area contributed by atoms with E-state index in [2.05, 4.69) is 29.4 Å². The van der Waals surface area contributed by atoms with Crippen LogP contribution in [0.1, 0.15) is 20.8 Å². The maximum Gasteiger partial charge on any atom is 0.277 e. The number of amides is 1. The zero-order valence-corrected chi connectivity index (χ0v) is 14.2. The number of hydrogen-bond donors (Lipinski definition) is 1. The van der Waals surface area contributed by atoms with Crippen molar-refractivity contribution in [3.63, 3.8) is 0 Å². The number of thioether (sulfide) groups is 1. The van der Waals surface area contributed by atoms with E-state index in [1.54, 1.807) is 12.1 Å². The topological polar surface area (TPSA) is 68.0 Å². The first-order chi connectivity index (χ1) is 10.5. The molecule has 0 bridgehead atoms. The fourth-order valence-electron chi connectivity index (χ4n) is 1.60. The summed E-state index contributed by atoms with van der Waals surface area (Å²) in [5.41, 5.74) is 0.754. The summed E-state index contributed by atoms with van der Waals surface area (Å²) >= 11 is 7.15. The first-order valence-corrected chi connectivity index (χ1v) is 8.33. The highest BCUT2D eigenvalue weighted by atomic mass is 35.5. The Morgan fingerprint density at radius 1 is 1.36 bits per heavy atom. The van der Waals surface area contributed by atoms with Crippen LogP contribution < -0.4 is 5.32 Å². The molecule has 0 radical (unpaired) electrons. The Morgan fingerprint density at radius 2 is 2.14 bits per heavy atom. The highest BCUT2D eigenvalue weighted by molar-refractivity contribution is 7.99. The molecule has 1 N–H and O–H groups in total. The van der Waals surface area contributed by atoms with Crippen molar-refractivity contribution in [2.45, 2.75) is 32.0 Å². The standard InChI is InChI=1S/C15H18ClN3O2S/c1-9(2)10(3)17-13(20)8-22-15-19-18-14(21-15)11-5-4-6-12(16)7-11/h4-7,9-10H,8H2,1-3H3,(H,17,20)/t10-/m0/s1. The molecule has 1 aromatic carbocycles. The average Bonchev–Trinajstić information content (AvgIpc) is 2.94. The monoisotopic (exact) mass is 339 g/mol. The number of benzene rings is 1. The van der Waals surface area contributed by atoms with Gasteiger partial charge in [-0.25, -0.2) is 0 Å². The molecule has 0 aliphatic carbocycles. The number of nitrogens with zero attached hydrogens (tertiary/aromatic N) is 2. The van der Waals surface area contributed by atoms with Crippen LogP contribution in [0, 0.1) is 5.92 Å². The van der Waals surface area contributed by atoms with Gasteiger partial charge >= 0.3 is 0 Å². The van der Waals surface area contributed by atoms with E-state index in [4.69, 9.17) is 16.0 Å². The number of nitrogens with one attached hydrogen (secondary N) is 1. The van der Waals surface area contributed by atoms with Gasteiger partial charge in [-0.15, -0.1) is 10.2 Å². The van der Waals surface area contributed by atoms with Gasteiger partial charge in [-0.3, -0.25) is 4.79 Å². The normalized spacial score (nSPS) is 12.4. The van der Waals surface area contributed by atoms with Crippen LogP contribution in [0.4, 0.5) is 0 Å². The highest BCUT2D eigenvalue weighted by Gasteiger charge is 2.14. The number of carbonyl (C=O) groups is 1. The summed E-state index contributed by atoms with van der Waals surface area (Å²) in [6.07, 6.45) is 0. The minimum atomic E-state index is -0.0475. The first-order valence-electron chi connectivity index (χ1n) is 6.97. The lowest BCUT2D eigenvalue weighted by atomic mass is 10.1. The molecule has 0 aliphatic rings. The van der Waals surface area contributed by atoms with E-state index >= 15 is 0 Å². The Bertz CT molecular complexity index is 645. The molecule has 1 atom stereocenters. The third-order valence-corrected chi connectivity index (χ3v) is 4.25. The van der Waals surface area contributed by atoms with Crippen LogP contribution >= 0.6 is 23.4 Å². The second-order valence-electron chi connectivity index (χ2n) is 5.27. The van der Waals surface area contributed by atoms with Crippen molar-refractivity contribution in [1.82, 2.24) is 15.5 Å². The fraction of sp³-hybridized carbons (Fsp3) is 0.400. The molecule has 0 saturated carbocycles. The summed E-state index contributed by atoms with van der Waals surface area (Å²) in [4.78, 5) is 11.8. The van der Waals surface area contributed by atoms with Crippen LogP contribution in [0.5, 0.6) is 0 Å². The van der Waals surface area contributed by atoms with E-state index in [1.807, 2.05) is 19.1 Å². The van der Waals surface area contributed by atoms with Crippen LogP contribution in [0.15, 0.2) is 33.9 Å². The Hall–Kier alpha value is -1.53. The van der Waals surface area contributed by atoms with Crippen molar-refractivity contribution in [1.29, 1.82) is 0 Å². The van der Waals surface area contributed by atoms with Crippen LogP contribution in [-0.2, 0) is 4.79 Å². The van der Waals surface area contributed by atoms with E-state index in [0.717, 1.165) is 5.56 Å². The number of rotatable bonds is 6. The van der Waals surface area contributed by atoms with E-state index in [-0.39, 0.29) is 17.7 Å². The fourth-order valence-corrected chi connectivity index (χ4v) is 2.36. The lowest BCUT2D eigenvalue weighted by Crippen LogP contribution is -2.37. The van der Waals surface area contributed by atoms with Gasteiger partial charge in [0.15, 0.2) is 0 Å². The molecule has 2 rings (SSSR count). The van der Waals surface area contributed by atoms with Crippen molar-refractivity contribution in [3.8, 4) is 11.5 Å². The second kappa shape index (κ2) is 7.65. The smallest absolute Gasteiger partial charge is 0.277 e. The zero-order chi connectivity index (χ0) is 16.1. The predicted molar refractivity (Wildman–Crippen MR) is 87.9 cm³/mol. The maximum absolute atomic E-state index is 11.8. The molecule has 0 aliphatic heterocycles. The lowest BCUT2D eigenvalue weighted by Gasteiger charge is -2.16. The predicted octanol–water partition coefficient (Wildman–Crippen LogP) is 3.64. The molecule has 0 unspecified atom stereocenters. The Kier molecular flexibility index (Phi) is 5.85. The van der Waals surface area contributed by atoms with Gasteiger partial charge in [-0.1, -0.05) is 43.3 Å². The molecule has 0 saturated heterocycles. The summed E-state index contributed by atoms with van der Waals surface area (Å²) in [6.45, 7) is 6.11. The van der Waals surface area contributed by atoms with Crippen LogP contribution in [0.2, 0.25) is 5.02 Å². The second-order valence-corrected chi connectivity index (χ2v) is 6.64. The van der Waals surface area contributed by atoms with Crippen molar-refractivity contribution < 1.29 is 9.21 Å². The third kappa shape index (κ3) is 4.74. The Morgan fingerprint density at radius 3 is 2.82 bits per heavy atom. The number of aromatic nitrogens is 2. The number of carbonyl (C=O) groups excluding carboxylic acids is 1. The molecule has 22 heavy (non-hydrogen) atoms. The van der Waals surface area contributed by atoms with Gasteiger partial charge in [0.25, 0.3) is 5.22 Å². The number of hydrogen-bond acceptors (Lipinski definition) is 5. The summed E-state index contributed by atoms with van der Waals surface area (Å²) < 4.78 is 5.53. The number of halogens is 1. The summed E-state index contributed by atoms with van der Waals surface area (Å²) in [5, 5.41) is 11.8. The summed E-state index contributed by atoms with van der Waals surface area (Å²) in [5.74, 6) is 0.982. The maximum atomic E-state index is 11.8. The van der Waals surface area contributed by atoms with Crippen molar-refractivity contribution in [2.24, 2.45) is 5.92 Å². The average molecular weight is 340 g/mol. The SMILES string of the molecule is CC(C)[C@H](C)NC(=O)CSc1nnc(-c2cccc(Cl)c2)o1. The quantitative estimate of drug-likeness (QED) is 0.814. The molecule has 0 fully saturated rings. The highest BCUT2D eigenvalue weighted by Crippen LogP contribution is 2.24. The largest absolute Gasteiger partial charge is 0.411 e. The van der Waals surface area contributed by atoms with Gasteiger partial charge in [0.05, 0.1) is 5.75 Å². The van der Waals surface area contributed by atoms with E-state index in [0.29, 0.717) is 22.1 Å². The molecule has 118 valence electrons. The molecule has 7 heteroatoms. The molecule has 2 aromatic rings. The van der Waals surface area contributed by atoms with Crippen LogP contribution in [-0.4, -0.2) is 27.9 Å². The molecule has 0 spiro atoms. The Labute approximate surface area is 138 Å². The van der Waals surface area contributed by atoms with Crippen LogP contribution in [0.25, 0.3) is 11.5 Å². The van der Waals surface area contributed by atoms with Gasteiger partial charge in [-0.05, 0) is 31.0 Å². The third-order valence-electron chi connectivity index (χ3n) is 3.19. The van der Waals surface area contributed by atoms with E-state index in [1.165, 1.54) is 11.8 Å². The summed E-state index contributed by atoms with van der Waals surface area (Å²) in [6, 6.07) is 7.32. The molecular weight excluding hydrogens is 322 g/mol. The van der Waals surface area contributed by atoms with Crippen molar-refractivity contribution >= 4 is 29.3 Å². The van der Waals surface area contributed by atoms with E-state index in [9.17, 15) is 4.79 Å². The molecule has 1 amide bonds. The van der Waals surface area contributed by atoms with Gasteiger partial charge < -0.3 is 9.73 Å². The van der Waals surface area contributed by atoms with E-state index < -0.39 is 0 Å². The molecular formula is C15H18ClN3O2S. The minimum absolute atomic E-state index is 0.0475. The molecule has 1 aromatic heterocycles. The van der Waals surface area contributed by atoms with Gasteiger partial charge in [-0.2, -0.15) is 0 Å². The van der Waals surface area contributed by atoms with Gasteiger partial charge in [0.2, 0.25) is 11.8 Å². The van der Waals surface area contributed by atoms with Crippen molar-refractivity contribution in [3.05, 3.63) is 29.3 Å². The Balaban J connectivity index is 1.91. The van der Waals surface area contributed by atoms with Gasteiger partial charge in [0, 0.05) is 16.6 Å². The van der Waals surface area contributed by atoms with Crippen molar-refractivity contribution in [2.75, 3.05) is 5.75 Å².